The minimum atomic E-state index is 0.160. The van der Waals surface area contributed by atoms with Crippen LogP contribution in [0.2, 0.25) is 0 Å². The van der Waals surface area contributed by atoms with Crippen LogP contribution in [0.1, 0.15) is 52.4 Å². The van der Waals surface area contributed by atoms with Gasteiger partial charge in [-0.25, -0.2) is 0 Å². The predicted molar refractivity (Wildman–Crippen MR) is 51.1 cm³/mol. The fraction of sp³-hybridized carbons (Fsp3) is 1.00. The van der Waals surface area contributed by atoms with E-state index in [0.29, 0.717) is 0 Å². The Labute approximate surface area is 75.3 Å². The van der Waals surface area contributed by atoms with E-state index in [0.717, 1.165) is 12.3 Å². The maximum absolute atomic E-state index is 6.53. The molecule has 0 N–H and O–H groups in total. The SMILES string of the molecule is CCC1CCCCC1(Cl)CC. The van der Waals surface area contributed by atoms with Gasteiger partial charge in [0.15, 0.2) is 0 Å². The Morgan fingerprint density at radius 3 is 2.55 bits per heavy atom. The molecule has 66 valence electrons. The van der Waals surface area contributed by atoms with Gasteiger partial charge in [-0.1, -0.05) is 33.1 Å². The Balaban J connectivity index is 2.57. The third kappa shape index (κ3) is 1.90. The van der Waals surface area contributed by atoms with Crippen LogP contribution in [0.15, 0.2) is 0 Å². The van der Waals surface area contributed by atoms with Crippen LogP contribution in [0.5, 0.6) is 0 Å². The summed E-state index contributed by atoms with van der Waals surface area (Å²) in [7, 11) is 0. The molecule has 11 heavy (non-hydrogen) atoms. The maximum Gasteiger partial charge on any atom is 0.0472 e. The quantitative estimate of drug-likeness (QED) is 0.556. The highest BCUT2D eigenvalue weighted by molar-refractivity contribution is 6.24. The second kappa shape index (κ2) is 3.80. The summed E-state index contributed by atoms with van der Waals surface area (Å²) in [4.78, 5) is 0.160. The Morgan fingerprint density at radius 2 is 2.09 bits per heavy atom. The summed E-state index contributed by atoms with van der Waals surface area (Å²) in [5.41, 5.74) is 0. The maximum atomic E-state index is 6.53. The average molecular weight is 175 g/mol. The van der Waals surface area contributed by atoms with Gasteiger partial charge in [-0.2, -0.15) is 0 Å². The van der Waals surface area contributed by atoms with E-state index < -0.39 is 0 Å². The van der Waals surface area contributed by atoms with Gasteiger partial charge in [0.1, 0.15) is 0 Å². The molecule has 0 radical (unpaired) electrons. The summed E-state index contributed by atoms with van der Waals surface area (Å²) in [6, 6.07) is 0. The normalized spacial score (nSPS) is 39.0. The molecule has 0 aromatic rings. The first kappa shape index (κ1) is 9.38. The molecule has 1 fully saturated rings. The van der Waals surface area contributed by atoms with Crippen molar-refractivity contribution >= 4 is 11.6 Å². The minimum absolute atomic E-state index is 0.160. The first-order chi connectivity index (χ1) is 5.23. The van der Waals surface area contributed by atoms with Crippen LogP contribution >= 0.6 is 11.6 Å². The lowest BCUT2D eigenvalue weighted by molar-refractivity contribution is 0.252. The van der Waals surface area contributed by atoms with Crippen molar-refractivity contribution in [2.24, 2.45) is 5.92 Å². The standard InChI is InChI=1S/C10H19Cl/c1-3-9-7-5-6-8-10(9,11)4-2/h9H,3-8H2,1-2H3. The molecule has 0 spiro atoms. The average Bonchev–Trinajstić information content (AvgIpc) is 2.05. The number of hydrogen-bond donors (Lipinski definition) is 0. The molecule has 1 heteroatoms. The van der Waals surface area contributed by atoms with Crippen molar-refractivity contribution in [3.05, 3.63) is 0 Å². The highest BCUT2D eigenvalue weighted by Gasteiger charge is 2.35. The molecule has 0 nitrogen and oxygen atoms in total. The van der Waals surface area contributed by atoms with E-state index in [4.69, 9.17) is 11.6 Å². The predicted octanol–water partition coefficient (Wildman–Crippen LogP) is 3.97. The molecule has 0 saturated heterocycles. The zero-order valence-electron chi connectivity index (χ0n) is 7.70. The van der Waals surface area contributed by atoms with Gasteiger partial charge in [0.25, 0.3) is 0 Å². The minimum Gasteiger partial charge on any atom is -0.119 e. The summed E-state index contributed by atoms with van der Waals surface area (Å²) in [6.45, 7) is 4.49. The van der Waals surface area contributed by atoms with E-state index in [9.17, 15) is 0 Å². The Morgan fingerprint density at radius 1 is 1.36 bits per heavy atom. The number of hydrogen-bond acceptors (Lipinski definition) is 0. The van der Waals surface area contributed by atoms with Gasteiger partial charge in [-0.05, 0) is 25.2 Å². The zero-order valence-corrected chi connectivity index (χ0v) is 8.45. The van der Waals surface area contributed by atoms with E-state index in [1.807, 2.05) is 0 Å². The molecule has 2 unspecified atom stereocenters. The van der Waals surface area contributed by atoms with Crippen molar-refractivity contribution in [3.8, 4) is 0 Å². The molecule has 1 rings (SSSR count). The summed E-state index contributed by atoms with van der Waals surface area (Å²) < 4.78 is 0. The second-order valence-electron chi connectivity index (χ2n) is 3.74. The largest absolute Gasteiger partial charge is 0.119 e. The fourth-order valence-electron chi connectivity index (χ4n) is 2.31. The van der Waals surface area contributed by atoms with E-state index in [-0.39, 0.29) is 4.87 Å². The molecule has 1 aliphatic rings. The molecule has 1 saturated carbocycles. The van der Waals surface area contributed by atoms with E-state index in [1.165, 1.54) is 32.1 Å². The van der Waals surface area contributed by atoms with Gasteiger partial charge >= 0.3 is 0 Å². The van der Waals surface area contributed by atoms with Crippen LogP contribution in [0.3, 0.4) is 0 Å². The van der Waals surface area contributed by atoms with Gasteiger partial charge < -0.3 is 0 Å². The molecule has 0 heterocycles. The summed E-state index contributed by atoms with van der Waals surface area (Å²) in [6.07, 6.45) is 7.74. The van der Waals surface area contributed by atoms with Gasteiger partial charge in [0.05, 0.1) is 0 Å². The van der Waals surface area contributed by atoms with Crippen LogP contribution < -0.4 is 0 Å². The lowest BCUT2D eigenvalue weighted by atomic mass is 9.76. The lowest BCUT2D eigenvalue weighted by Crippen LogP contribution is -2.34. The van der Waals surface area contributed by atoms with Crippen LogP contribution in [0.25, 0.3) is 0 Å². The van der Waals surface area contributed by atoms with Crippen LogP contribution in [-0.2, 0) is 0 Å². The van der Waals surface area contributed by atoms with Crippen molar-refractivity contribution in [1.29, 1.82) is 0 Å². The van der Waals surface area contributed by atoms with Crippen molar-refractivity contribution in [2.75, 3.05) is 0 Å². The molecule has 0 aromatic carbocycles. The number of rotatable bonds is 2. The van der Waals surface area contributed by atoms with Crippen LogP contribution in [0, 0.1) is 5.92 Å². The van der Waals surface area contributed by atoms with E-state index >= 15 is 0 Å². The van der Waals surface area contributed by atoms with Crippen LogP contribution in [0.4, 0.5) is 0 Å². The first-order valence-electron chi connectivity index (χ1n) is 4.92. The second-order valence-corrected chi connectivity index (χ2v) is 4.49. The fourth-order valence-corrected chi connectivity index (χ4v) is 2.70. The topological polar surface area (TPSA) is 0 Å². The zero-order chi connectivity index (χ0) is 8.32. The third-order valence-electron chi connectivity index (χ3n) is 3.21. The Bertz CT molecular complexity index is 122. The van der Waals surface area contributed by atoms with Gasteiger partial charge in [-0.3, -0.25) is 0 Å². The summed E-state index contributed by atoms with van der Waals surface area (Å²) >= 11 is 6.53. The Hall–Kier alpha value is 0.290. The van der Waals surface area contributed by atoms with E-state index in [2.05, 4.69) is 13.8 Å². The summed E-state index contributed by atoms with van der Waals surface area (Å²) in [5.74, 6) is 0.780. The number of halogens is 1. The molecular formula is C10H19Cl. The number of alkyl halides is 1. The Kier molecular flexibility index (Phi) is 3.24. The molecule has 0 aliphatic heterocycles. The molecule has 2 atom stereocenters. The molecule has 0 aromatic heterocycles. The highest BCUT2D eigenvalue weighted by atomic mass is 35.5. The molecular weight excluding hydrogens is 156 g/mol. The molecule has 0 bridgehead atoms. The van der Waals surface area contributed by atoms with Crippen molar-refractivity contribution in [2.45, 2.75) is 57.2 Å². The van der Waals surface area contributed by atoms with Crippen LogP contribution in [-0.4, -0.2) is 4.87 Å². The van der Waals surface area contributed by atoms with Crippen molar-refractivity contribution in [3.63, 3.8) is 0 Å². The monoisotopic (exact) mass is 174 g/mol. The van der Waals surface area contributed by atoms with E-state index in [1.54, 1.807) is 0 Å². The van der Waals surface area contributed by atoms with Crippen molar-refractivity contribution in [1.82, 2.24) is 0 Å². The third-order valence-corrected chi connectivity index (χ3v) is 3.97. The highest BCUT2D eigenvalue weighted by Crippen LogP contribution is 2.42. The lowest BCUT2D eigenvalue weighted by Gasteiger charge is -2.38. The molecule has 0 amide bonds. The molecule has 1 aliphatic carbocycles. The van der Waals surface area contributed by atoms with Gasteiger partial charge in [0.2, 0.25) is 0 Å². The summed E-state index contributed by atoms with van der Waals surface area (Å²) in [5, 5.41) is 0. The smallest absolute Gasteiger partial charge is 0.0472 e. The van der Waals surface area contributed by atoms with Crippen molar-refractivity contribution < 1.29 is 0 Å². The first-order valence-corrected chi connectivity index (χ1v) is 5.29. The van der Waals surface area contributed by atoms with Gasteiger partial charge in [0, 0.05) is 4.87 Å². The van der Waals surface area contributed by atoms with Gasteiger partial charge in [-0.15, -0.1) is 11.6 Å².